The molecular formula is C21H24N4O3. The number of nitrogens with zero attached hydrogens (tertiary/aromatic N) is 4. The third-order valence-electron chi connectivity index (χ3n) is 5.40. The Morgan fingerprint density at radius 3 is 2.75 bits per heavy atom. The normalized spacial score (nSPS) is 14.4. The summed E-state index contributed by atoms with van der Waals surface area (Å²) in [4.78, 5) is 19.6. The molecule has 0 spiro atoms. The van der Waals surface area contributed by atoms with Gasteiger partial charge in [-0.2, -0.15) is 5.10 Å². The highest BCUT2D eigenvalue weighted by atomic mass is 16.5. The second kappa shape index (κ2) is 6.91. The smallest absolute Gasteiger partial charge is 0.258 e. The molecule has 0 aliphatic carbocycles. The van der Waals surface area contributed by atoms with Crippen LogP contribution in [0, 0.1) is 20.8 Å². The lowest BCUT2D eigenvalue weighted by atomic mass is 10.1. The molecule has 146 valence electrons. The molecule has 1 aliphatic heterocycles. The van der Waals surface area contributed by atoms with Gasteiger partial charge in [0.1, 0.15) is 11.9 Å². The van der Waals surface area contributed by atoms with Crippen LogP contribution in [0.25, 0.3) is 5.65 Å². The highest BCUT2D eigenvalue weighted by Crippen LogP contribution is 2.30. The van der Waals surface area contributed by atoms with Crippen LogP contribution in [0.1, 0.15) is 45.5 Å². The molecule has 0 fully saturated rings. The first-order valence-electron chi connectivity index (χ1n) is 9.40. The van der Waals surface area contributed by atoms with Crippen molar-refractivity contribution in [1.82, 2.24) is 19.5 Å². The topological polar surface area (TPSA) is 80.0 Å². The number of hydrogen-bond acceptors (Lipinski definition) is 5. The number of aryl methyl sites for hydroxylation is 2. The van der Waals surface area contributed by atoms with Crippen molar-refractivity contribution >= 4 is 11.6 Å². The van der Waals surface area contributed by atoms with E-state index in [0.717, 1.165) is 33.9 Å². The van der Waals surface area contributed by atoms with E-state index in [9.17, 15) is 9.90 Å². The lowest BCUT2D eigenvalue weighted by Gasteiger charge is -2.20. The SMILES string of the molecule is Cc1nc2c3c(nn2c(C)c1C)CN(C(=O)c1ccccc1OC(C)CO)C3. The number of aromatic nitrogens is 3. The molecule has 2 aromatic heterocycles. The number of rotatable bonds is 4. The van der Waals surface area contributed by atoms with Crippen LogP contribution in [0.2, 0.25) is 0 Å². The molecule has 1 atom stereocenters. The maximum atomic E-state index is 13.2. The number of para-hydroxylation sites is 1. The first-order valence-corrected chi connectivity index (χ1v) is 9.40. The molecule has 0 saturated carbocycles. The maximum Gasteiger partial charge on any atom is 0.258 e. The van der Waals surface area contributed by atoms with Gasteiger partial charge in [0, 0.05) is 17.0 Å². The van der Waals surface area contributed by atoms with Crippen LogP contribution in [0.3, 0.4) is 0 Å². The zero-order valence-electron chi connectivity index (χ0n) is 16.6. The van der Waals surface area contributed by atoms with Gasteiger partial charge in [-0.05, 0) is 45.4 Å². The van der Waals surface area contributed by atoms with E-state index in [-0.39, 0.29) is 18.6 Å². The Balaban J connectivity index is 1.65. The summed E-state index contributed by atoms with van der Waals surface area (Å²) in [6.07, 6.45) is -0.382. The van der Waals surface area contributed by atoms with Crippen molar-refractivity contribution in [2.24, 2.45) is 0 Å². The number of carbonyl (C=O) groups excluding carboxylic acids is 1. The van der Waals surface area contributed by atoms with E-state index < -0.39 is 0 Å². The second-order valence-electron chi connectivity index (χ2n) is 7.34. The Kier molecular flexibility index (Phi) is 4.55. The van der Waals surface area contributed by atoms with Gasteiger partial charge in [-0.25, -0.2) is 9.50 Å². The molecule has 1 amide bonds. The van der Waals surface area contributed by atoms with Gasteiger partial charge in [-0.1, -0.05) is 12.1 Å². The van der Waals surface area contributed by atoms with E-state index in [1.165, 1.54) is 0 Å². The average molecular weight is 380 g/mol. The predicted molar refractivity (Wildman–Crippen MR) is 104 cm³/mol. The Hall–Kier alpha value is -2.93. The van der Waals surface area contributed by atoms with Crippen LogP contribution in [0.5, 0.6) is 5.75 Å². The molecule has 3 heterocycles. The number of amides is 1. The summed E-state index contributed by atoms with van der Waals surface area (Å²) in [5.41, 5.74) is 6.38. The van der Waals surface area contributed by atoms with Gasteiger partial charge in [0.25, 0.3) is 5.91 Å². The van der Waals surface area contributed by atoms with Gasteiger partial charge in [0.05, 0.1) is 31.0 Å². The number of hydrogen-bond donors (Lipinski definition) is 1. The fourth-order valence-corrected chi connectivity index (χ4v) is 3.53. The van der Waals surface area contributed by atoms with Gasteiger partial charge < -0.3 is 14.7 Å². The summed E-state index contributed by atoms with van der Waals surface area (Å²) in [6.45, 7) is 8.64. The van der Waals surface area contributed by atoms with Crippen LogP contribution in [-0.4, -0.2) is 43.2 Å². The molecule has 0 radical (unpaired) electrons. The Morgan fingerprint density at radius 1 is 1.25 bits per heavy atom. The standard InChI is InChI=1S/C21H24N4O3/c1-12(11-26)28-19-8-6-5-7-16(19)21(27)24-9-17-18(10-24)23-25-15(4)13(2)14(3)22-20(17)25/h5-8,12,26H,9-11H2,1-4H3. The first-order chi connectivity index (χ1) is 13.4. The van der Waals surface area contributed by atoms with E-state index in [0.29, 0.717) is 24.4 Å². The molecule has 1 aromatic carbocycles. The van der Waals surface area contributed by atoms with Crippen molar-refractivity contribution in [2.75, 3.05) is 6.61 Å². The molecule has 7 heteroatoms. The van der Waals surface area contributed by atoms with Crippen LogP contribution in [0.15, 0.2) is 24.3 Å². The van der Waals surface area contributed by atoms with Crippen molar-refractivity contribution in [3.05, 3.63) is 58.0 Å². The van der Waals surface area contributed by atoms with Crippen LogP contribution >= 0.6 is 0 Å². The number of fused-ring (bicyclic) bond motifs is 3. The third-order valence-corrected chi connectivity index (χ3v) is 5.40. The molecule has 1 unspecified atom stereocenters. The van der Waals surface area contributed by atoms with Crippen molar-refractivity contribution in [3.8, 4) is 5.75 Å². The van der Waals surface area contributed by atoms with Crippen molar-refractivity contribution < 1.29 is 14.6 Å². The first kappa shape index (κ1) is 18.4. The zero-order valence-corrected chi connectivity index (χ0v) is 16.6. The van der Waals surface area contributed by atoms with Crippen LogP contribution in [0.4, 0.5) is 0 Å². The molecule has 3 aromatic rings. The zero-order chi connectivity index (χ0) is 20.0. The fraction of sp³-hybridized carbons (Fsp3) is 0.381. The summed E-state index contributed by atoms with van der Waals surface area (Å²) < 4.78 is 7.60. The lowest BCUT2D eigenvalue weighted by Crippen LogP contribution is -2.27. The number of aliphatic hydroxyl groups excluding tert-OH is 1. The highest BCUT2D eigenvalue weighted by Gasteiger charge is 2.31. The summed E-state index contributed by atoms with van der Waals surface area (Å²) in [5, 5.41) is 14.0. The Morgan fingerprint density at radius 2 is 2.00 bits per heavy atom. The lowest BCUT2D eigenvalue weighted by molar-refractivity contribution is 0.0736. The fourth-order valence-electron chi connectivity index (χ4n) is 3.53. The molecule has 0 saturated heterocycles. The third kappa shape index (κ3) is 2.92. The molecule has 4 rings (SSSR count). The van der Waals surface area contributed by atoms with Crippen molar-refractivity contribution in [1.29, 1.82) is 0 Å². The van der Waals surface area contributed by atoms with Gasteiger partial charge >= 0.3 is 0 Å². The quantitative estimate of drug-likeness (QED) is 0.752. The van der Waals surface area contributed by atoms with E-state index >= 15 is 0 Å². The number of carbonyl (C=O) groups is 1. The Bertz CT molecular complexity index is 1070. The largest absolute Gasteiger partial charge is 0.487 e. The molecule has 28 heavy (non-hydrogen) atoms. The van der Waals surface area contributed by atoms with E-state index in [2.05, 4.69) is 0 Å². The average Bonchev–Trinajstić information content (AvgIpc) is 3.25. The highest BCUT2D eigenvalue weighted by molar-refractivity contribution is 5.97. The van der Waals surface area contributed by atoms with Crippen LogP contribution in [-0.2, 0) is 13.1 Å². The Labute approximate surface area is 163 Å². The van der Waals surface area contributed by atoms with Gasteiger partial charge in [0.15, 0.2) is 5.65 Å². The van der Waals surface area contributed by atoms with Gasteiger partial charge in [0.2, 0.25) is 0 Å². The summed E-state index contributed by atoms with van der Waals surface area (Å²) in [6, 6.07) is 7.13. The number of ether oxygens (including phenoxy) is 1. The number of aliphatic hydroxyl groups is 1. The summed E-state index contributed by atoms with van der Waals surface area (Å²) in [5.74, 6) is 0.366. The molecule has 7 nitrogen and oxygen atoms in total. The van der Waals surface area contributed by atoms with Crippen molar-refractivity contribution in [3.63, 3.8) is 0 Å². The molecule has 1 aliphatic rings. The minimum absolute atomic E-state index is 0.112. The van der Waals surface area contributed by atoms with E-state index in [1.54, 1.807) is 24.0 Å². The van der Waals surface area contributed by atoms with Crippen LogP contribution < -0.4 is 4.74 Å². The minimum Gasteiger partial charge on any atom is -0.487 e. The minimum atomic E-state index is -0.382. The molecule has 0 bridgehead atoms. The molecule has 1 N–H and O–H groups in total. The monoisotopic (exact) mass is 380 g/mol. The predicted octanol–water partition coefficient (Wildman–Crippen LogP) is 2.57. The molecular weight excluding hydrogens is 356 g/mol. The second-order valence-corrected chi connectivity index (χ2v) is 7.34. The summed E-state index contributed by atoms with van der Waals surface area (Å²) in [7, 11) is 0. The summed E-state index contributed by atoms with van der Waals surface area (Å²) >= 11 is 0. The van der Waals surface area contributed by atoms with Crippen molar-refractivity contribution in [2.45, 2.75) is 46.9 Å². The van der Waals surface area contributed by atoms with E-state index in [1.807, 2.05) is 37.4 Å². The van der Waals surface area contributed by atoms with Gasteiger partial charge in [-0.15, -0.1) is 0 Å². The number of benzene rings is 1. The maximum absolute atomic E-state index is 13.2. The van der Waals surface area contributed by atoms with E-state index in [4.69, 9.17) is 14.8 Å². The van der Waals surface area contributed by atoms with Gasteiger partial charge in [-0.3, -0.25) is 4.79 Å².